The van der Waals surface area contributed by atoms with Gasteiger partial charge in [-0.05, 0) is 48.2 Å². The van der Waals surface area contributed by atoms with Crippen LogP contribution < -0.4 is 15.4 Å². The lowest BCUT2D eigenvalue weighted by Crippen LogP contribution is -2.20. The first-order chi connectivity index (χ1) is 14.0. The summed E-state index contributed by atoms with van der Waals surface area (Å²) in [6.45, 7) is 6.06. The molecule has 0 bridgehead atoms. The summed E-state index contributed by atoms with van der Waals surface area (Å²) in [5.74, 6) is 0.859. The summed E-state index contributed by atoms with van der Waals surface area (Å²) in [5, 5.41) is 6.14. The van der Waals surface area contributed by atoms with Crippen molar-refractivity contribution in [3.8, 4) is 5.75 Å². The third-order valence-corrected chi connectivity index (χ3v) is 5.60. The van der Waals surface area contributed by atoms with Gasteiger partial charge in [0.05, 0.1) is 10.2 Å². The fourth-order valence-electron chi connectivity index (χ4n) is 2.74. The Labute approximate surface area is 174 Å². The highest BCUT2D eigenvalue weighted by molar-refractivity contribution is 7.22. The normalized spacial score (nSPS) is 11.8. The molecule has 1 aromatic heterocycles. The van der Waals surface area contributed by atoms with Gasteiger partial charge >= 0.3 is 0 Å². The standard InChI is InChI=1S/C22H25N3O3S/c1-4-14(3)15-6-9-17(10-7-15)28-13-21(27)23-16-8-11-18-19(12-16)29-22(24-18)25-20(26)5-2/h6-12,14H,4-5,13H2,1-3H3,(H,23,27)(H,24,25,26)/t14-/m1/s1. The summed E-state index contributed by atoms with van der Waals surface area (Å²) in [6, 6.07) is 13.3. The third kappa shape index (κ3) is 5.54. The van der Waals surface area contributed by atoms with Gasteiger partial charge < -0.3 is 15.4 Å². The first-order valence-electron chi connectivity index (χ1n) is 9.71. The average Bonchev–Trinajstić information content (AvgIpc) is 3.13. The summed E-state index contributed by atoms with van der Waals surface area (Å²) in [4.78, 5) is 28.1. The van der Waals surface area contributed by atoms with Gasteiger partial charge in [0.25, 0.3) is 5.91 Å². The van der Waals surface area contributed by atoms with Crippen LogP contribution in [0.1, 0.15) is 45.1 Å². The Balaban J connectivity index is 1.57. The van der Waals surface area contributed by atoms with Crippen molar-refractivity contribution in [2.45, 2.75) is 39.5 Å². The number of hydrogen-bond donors (Lipinski definition) is 2. The number of fused-ring (bicyclic) bond motifs is 1. The van der Waals surface area contributed by atoms with E-state index in [1.807, 2.05) is 36.4 Å². The van der Waals surface area contributed by atoms with E-state index < -0.39 is 0 Å². The van der Waals surface area contributed by atoms with Crippen molar-refractivity contribution >= 4 is 44.2 Å². The quantitative estimate of drug-likeness (QED) is 0.535. The number of amides is 2. The summed E-state index contributed by atoms with van der Waals surface area (Å²) >= 11 is 1.37. The number of benzene rings is 2. The maximum Gasteiger partial charge on any atom is 0.262 e. The molecule has 2 aromatic carbocycles. The van der Waals surface area contributed by atoms with Crippen molar-refractivity contribution in [1.82, 2.24) is 4.98 Å². The van der Waals surface area contributed by atoms with Gasteiger partial charge in [-0.15, -0.1) is 0 Å². The van der Waals surface area contributed by atoms with Crippen molar-refractivity contribution in [2.75, 3.05) is 17.2 Å². The van der Waals surface area contributed by atoms with Crippen LogP contribution in [0, 0.1) is 0 Å². The molecule has 0 spiro atoms. The highest BCUT2D eigenvalue weighted by atomic mass is 32.1. The third-order valence-electron chi connectivity index (χ3n) is 4.67. The van der Waals surface area contributed by atoms with Gasteiger partial charge in [0.2, 0.25) is 5.91 Å². The summed E-state index contributed by atoms with van der Waals surface area (Å²) in [6.07, 6.45) is 1.48. The molecule has 2 amide bonds. The van der Waals surface area contributed by atoms with Crippen LogP contribution in [0.25, 0.3) is 10.2 Å². The van der Waals surface area contributed by atoms with Crippen LogP contribution in [0.5, 0.6) is 5.75 Å². The van der Waals surface area contributed by atoms with Gasteiger partial charge in [0.15, 0.2) is 11.7 Å². The molecule has 0 saturated heterocycles. The van der Waals surface area contributed by atoms with E-state index in [1.54, 1.807) is 13.0 Å². The number of carbonyl (C=O) groups is 2. The number of carbonyl (C=O) groups excluding carboxylic acids is 2. The topological polar surface area (TPSA) is 80.3 Å². The first kappa shape index (κ1) is 20.8. The number of nitrogens with one attached hydrogen (secondary N) is 2. The van der Waals surface area contributed by atoms with Crippen molar-refractivity contribution < 1.29 is 14.3 Å². The second kappa shape index (κ2) is 9.52. The van der Waals surface area contributed by atoms with Gasteiger partial charge in [-0.25, -0.2) is 4.98 Å². The highest BCUT2D eigenvalue weighted by Gasteiger charge is 2.09. The van der Waals surface area contributed by atoms with Gasteiger partial charge in [0.1, 0.15) is 5.75 Å². The largest absolute Gasteiger partial charge is 0.484 e. The summed E-state index contributed by atoms with van der Waals surface area (Å²) < 4.78 is 6.47. The SMILES string of the molecule is CCC(=O)Nc1nc2ccc(NC(=O)COc3ccc([C@H](C)CC)cc3)cc2s1. The molecule has 3 rings (SSSR count). The maximum atomic E-state index is 12.2. The van der Waals surface area contributed by atoms with Crippen molar-refractivity contribution in [3.05, 3.63) is 48.0 Å². The molecule has 0 aliphatic carbocycles. The zero-order valence-electron chi connectivity index (χ0n) is 16.8. The van der Waals surface area contributed by atoms with Crippen molar-refractivity contribution in [3.63, 3.8) is 0 Å². The number of ether oxygens (including phenoxy) is 1. The van der Waals surface area contributed by atoms with Crippen LogP contribution in [0.2, 0.25) is 0 Å². The Morgan fingerprint density at radius 1 is 1.07 bits per heavy atom. The lowest BCUT2D eigenvalue weighted by atomic mass is 9.99. The van der Waals surface area contributed by atoms with E-state index in [-0.39, 0.29) is 18.4 Å². The second-order valence-electron chi connectivity index (χ2n) is 6.82. The van der Waals surface area contributed by atoms with Crippen molar-refractivity contribution in [1.29, 1.82) is 0 Å². The first-order valence-corrected chi connectivity index (χ1v) is 10.5. The number of rotatable bonds is 8. The lowest BCUT2D eigenvalue weighted by molar-refractivity contribution is -0.118. The Hall–Kier alpha value is -2.93. The number of anilines is 2. The van der Waals surface area contributed by atoms with Crippen LogP contribution in [-0.4, -0.2) is 23.4 Å². The molecule has 0 aliphatic rings. The molecule has 152 valence electrons. The van der Waals surface area contributed by atoms with E-state index in [0.29, 0.717) is 28.9 Å². The lowest BCUT2D eigenvalue weighted by Gasteiger charge is -2.11. The van der Waals surface area contributed by atoms with Crippen LogP contribution in [0.3, 0.4) is 0 Å². The number of thiazole rings is 1. The predicted molar refractivity (Wildman–Crippen MR) is 118 cm³/mol. The van der Waals surface area contributed by atoms with Crippen LogP contribution in [-0.2, 0) is 9.59 Å². The van der Waals surface area contributed by atoms with Crippen LogP contribution >= 0.6 is 11.3 Å². The Morgan fingerprint density at radius 3 is 2.52 bits per heavy atom. The maximum absolute atomic E-state index is 12.2. The summed E-state index contributed by atoms with van der Waals surface area (Å²) in [7, 11) is 0. The minimum atomic E-state index is -0.237. The molecule has 6 nitrogen and oxygen atoms in total. The molecule has 1 heterocycles. The number of nitrogens with zero attached hydrogens (tertiary/aromatic N) is 1. The molecule has 3 aromatic rings. The minimum Gasteiger partial charge on any atom is -0.484 e. The van der Waals surface area contributed by atoms with E-state index in [2.05, 4.69) is 29.5 Å². The molecule has 0 aliphatic heterocycles. The molecule has 29 heavy (non-hydrogen) atoms. The van der Waals surface area contributed by atoms with E-state index >= 15 is 0 Å². The molecule has 0 radical (unpaired) electrons. The fourth-order valence-corrected chi connectivity index (χ4v) is 3.66. The molecule has 0 fully saturated rings. The minimum absolute atomic E-state index is 0.0682. The van der Waals surface area contributed by atoms with Gasteiger partial charge in [-0.3, -0.25) is 9.59 Å². The molecule has 7 heteroatoms. The molecule has 1 atom stereocenters. The fraction of sp³-hybridized carbons (Fsp3) is 0.318. The van der Waals surface area contributed by atoms with E-state index in [1.165, 1.54) is 16.9 Å². The zero-order valence-corrected chi connectivity index (χ0v) is 17.6. The van der Waals surface area contributed by atoms with E-state index in [9.17, 15) is 9.59 Å². The molecule has 0 saturated carbocycles. The van der Waals surface area contributed by atoms with Crippen molar-refractivity contribution in [2.24, 2.45) is 0 Å². The smallest absolute Gasteiger partial charge is 0.262 e. The van der Waals surface area contributed by atoms with Gasteiger partial charge in [-0.2, -0.15) is 0 Å². The summed E-state index contributed by atoms with van der Waals surface area (Å²) in [5.41, 5.74) is 2.70. The second-order valence-corrected chi connectivity index (χ2v) is 7.85. The van der Waals surface area contributed by atoms with Gasteiger partial charge in [-0.1, -0.05) is 44.2 Å². The van der Waals surface area contributed by atoms with E-state index in [0.717, 1.165) is 16.6 Å². The highest BCUT2D eigenvalue weighted by Crippen LogP contribution is 2.28. The van der Waals surface area contributed by atoms with E-state index in [4.69, 9.17) is 4.74 Å². The average molecular weight is 412 g/mol. The monoisotopic (exact) mass is 411 g/mol. The van der Waals surface area contributed by atoms with Crippen LogP contribution in [0.15, 0.2) is 42.5 Å². The number of hydrogen-bond acceptors (Lipinski definition) is 5. The molecule has 2 N–H and O–H groups in total. The Bertz CT molecular complexity index is 998. The Kier molecular flexibility index (Phi) is 6.82. The zero-order chi connectivity index (χ0) is 20.8. The molecular weight excluding hydrogens is 386 g/mol. The molecule has 0 unspecified atom stereocenters. The Morgan fingerprint density at radius 2 is 1.83 bits per heavy atom. The number of aromatic nitrogens is 1. The van der Waals surface area contributed by atoms with Crippen LogP contribution in [0.4, 0.5) is 10.8 Å². The molecular formula is C22H25N3O3S. The van der Waals surface area contributed by atoms with Gasteiger partial charge in [0, 0.05) is 12.1 Å². The predicted octanol–water partition coefficient (Wildman–Crippen LogP) is 5.18.